The number of hydrogen-bond donors (Lipinski definition) is 1. The normalized spacial score (nSPS) is 15.2. The number of aromatic nitrogens is 1. The highest BCUT2D eigenvalue weighted by atomic mass is 35.5. The van der Waals surface area contributed by atoms with E-state index in [-0.39, 0.29) is 12.4 Å². The summed E-state index contributed by atoms with van der Waals surface area (Å²) in [5, 5.41) is 4.68. The molecule has 3 rings (SSSR count). The summed E-state index contributed by atoms with van der Waals surface area (Å²) < 4.78 is 0. The minimum Gasteiger partial charge on any atom is -0.354 e. The smallest absolute Gasteiger partial charge is 0.129 e. The third-order valence-corrected chi connectivity index (χ3v) is 3.94. The van der Waals surface area contributed by atoms with E-state index in [9.17, 15) is 0 Å². The molecule has 0 amide bonds. The second-order valence-corrected chi connectivity index (χ2v) is 5.20. The zero-order valence-corrected chi connectivity index (χ0v) is 13.0. The van der Waals surface area contributed by atoms with Gasteiger partial charge >= 0.3 is 0 Å². The summed E-state index contributed by atoms with van der Waals surface area (Å²) in [7, 11) is 0. The Morgan fingerprint density at radius 1 is 1.25 bits per heavy atom. The number of halogens is 1. The third kappa shape index (κ3) is 2.74. The molecule has 4 heteroatoms. The molecule has 1 aromatic heterocycles. The van der Waals surface area contributed by atoms with Gasteiger partial charge in [0.25, 0.3) is 0 Å². The number of nitrogens with zero attached hydrogens (tertiary/aromatic N) is 2. The van der Waals surface area contributed by atoms with Gasteiger partial charge in [-0.3, -0.25) is 0 Å². The van der Waals surface area contributed by atoms with Crippen LogP contribution < -0.4 is 10.2 Å². The van der Waals surface area contributed by atoms with E-state index < -0.39 is 0 Å². The molecule has 0 atom stereocenters. The SMILES string of the molecule is CCc1cccc2c(C)cc(N3CCNCC3)nc12.Cl. The zero-order chi connectivity index (χ0) is 13.2. The molecule has 0 unspecified atom stereocenters. The van der Waals surface area contributed by atoms with Crippen LogP contribution in [0.5, 0.6) is 0 Å². The van der Waals surface area contributed by atoms with Crippen molar-refractivity contribution in [3.8, 4) is 0 Å². The fourth-order valence-electron chi connectivity index (χ4n) is 2.80. The summed E-state index contributed by atoms with van der Waals surface area (Å²) in [4.78, 5) is 7.31. The maximum atomic E-state index is 4.93. The van der Waals surface area contributed by atoms with Crippen LogP contribution in [0.15, 0.2) is 24.3 Å². The molecule has 1 fully saturated rings. The maximum absolute atomic E-state index is 4.93. The highest BCUT2D eigenvalue weighted by Gasteiger charge is 2.14. The molecule has 1 N–H and O–H groups in total. The minimum atomic E-state index is 0. The van der Waals surface area contributed by atoms with E-state index in [4.69, 9.17) is 4.98 Å². The van der Waals surface area contributed by atoms with Crippen LogP contribution in [0.3, 0.4) is 0 Å². The van der Waals surface area contributed by atoms with E-state index in [1.807, 2.05) is 0 Å². The lowest BCUT2D eigenvalue weighted by molar-refractivity contribution is 0.585. The molecule has 0 saturated carbocycles. The number of benzene rings is 1. The van der Waals surface area contributed by atoms with Crippen LogP contribution >= 0.6 is 12.4 Å². The first-order chi connectivity index (χ1) is 9.29. The number of aryl methyl sites for hydroxylation is 2. The molecule has 0 radical (unpaired) electrons. The Labute approximate surface area is 126 Å². The number of pyridine rings is 1. The molecular weight excluding hydrogens is 270 g/mol. The zero-order valence-electron chi connectivity index (χ0n) is 12.1. The minimum absolute atomic E-state index is 0. The molecule has 108 valence electrons. The Morgan fingerprint density at radius 3 is 2.70 bits per heavy atom. The van der Waals surface area contributed by atoms with Crippen molar-refractivity contribution >= 4 is 29.1 Å². The number of anilines is 1. The van der Waals surface area contributed by atoms with Gasteiger partial charge in [-0.25, -0.2) is 4.98 Å². The van der Waals surface area contributed by atoms with Crippen molar-refractivity contribution in [3.05, 3.63) is 35.4 Å². The van der Waals surface area contributed by atoms with Gasteiger partial charge in [-0.1, -0.05) is 25.1 Å². The second-order valence-electron chi connectivity index (χ2n) is 5.20. The molecule has 0 aliphatic carbocycles. The van der Waals surface area contributed by atoms with Gasteiger partial charge in [0.05, 0.1) is 5.52 Å². The quantitative estimate of drug-likeness (QED) is 0.922. The van der Waals surface area contributed by atoms with Crippen LogP contribution in [0.2, 0.25) is 0 Å². The van der Waals surface area contributed by atoms with Crippen molar-refractivity contribution in [2.24, 2.45) is 0 Å². The molecule has 2 aromatic rings. The molecule has 20 heavy (non-hydrogen) atoms. The Hall–Kier alpha value is -1.32. The van der Waals surface area contributed by atoms with Gasteiger partial charge in [-0.05, 0) is 30.5 Å². The number of rotatable bonds is 2. The average molecular weight is 292 g/mol. The monoisotopic (exact) mass is 291 g/mol. The summed E-state index contributed by atoms with van der Waals surface area (Å²) in [6.45, 7) is 8.58. The summed E-state index contributed by atoms with van der Waals surface area (Å²) in [5.41, 5.74) is 3.85. The van der Waals surface area contributed by atoms with E-state index in [0.29, 0.717) is 0 Å². The summed E-state index contributed by atoms with van der Waals surface area (Å²) in [6.07, 6.45) is 1.04. The van der Waals surface area contributed by atoms with Crippen LogP contribution in [0.4, 0.5) is 5.82 Å². The van der Waals surface area contributed by atoms with Crippen molar-refractivity contribution in [1.29, 1.82) is 0 Å². The summed E-state index contributed by atoms with van der Waals surface area (Å²) in [6, 6.07) is 8.74. The molecule has 3 nitrogen and oxygen atoms in total. The van der Waals surface area contributed by atoms with Crippen molar-refractivity contribution in [2.45, 2.75) is 20.3 Å². The first-order valence-corrected chi connectivity index (χ1v) is 7.14. The number of para-hydroxylation sites is 1. The maximum Gasteiger partial charge on any atom is 0.129 e. The first-order valence-electron chi connectivity index (χ1n) is 7.14. The number of nitrogens with one attached hydrogen (secondary N) is 1. The summed E-state index contributed by atoms with van der Waals surface area (Å²) >= 11 is 0. The molecule has 0 bridgehead atoms. The van der Waals surface area contributed by atoms with Gasteiger partial charge in [0.1, 0.15) is 5.82 Å². The fraction of sp³-hybridized carbons (Fsp3) is 0.438. The Morgan fingerprint density at radius 2 is 2.00 bits per heavy atom. The lowest BCUT2D eigenvalue weighted by Crippen LogP contribution is -2.43. The van der Waals surface area contributed by atoms with Gasteiger partial charge in [0.15, 0.2) is 0 Å². The second kappa shape index (κ2) is 6.42. The number of piperazine rings is 1. The Bertz CT molecular complexity index is 592. The molecule has 1 saturated heterocycles. The molecule has 0 spiro atoms. The summed E-state index contributed by atoms with van der Waals surface area (Å²) in [5.74, 6) is 1.13. The van der Waals surface area contributed by atoms with E-state index in [1.54, 1.807) is 0 Å². The molecule has 2 heterocycles. The van der Waals surface area contributed by atoms with Gasteiger partial charge in [-0.2, -0.15) is 0 Å². The first kappa shape index (κ1) is 15.1. The standard InChI is InChI=1S/C16H21N3.ClH/c1-3-13-5-4-6-14-12(2)11-15(18-16(13)14)19-9-7-17-8-10-19;/h4-6,11,17H,3,7-10H2,1-2H3;1H. The fourth-order valence-corrected chi connectivity index (χ4v) is 2.80. The van der Waals surface area contributed by atoms with Crippen molar-refractivity contribution in [1.82, 2.24) is 10.3 Å². The lowest BCUT2D eigenvalue weighted by atomic mass is 10.0. The van der Waals surface area contributed by atoms with Crippen LogP contribution in [0.25, 0.3) is 10.9 Å². The Balaban J connectivity index is 0.00000147. The average Bonchev–Trinajstić information content (AvgIpc) is 2.47. The number of hydrogen-bond acceptors (Lipinski definition) is 3. The third-order valence-electron chi connectivity index (χ3n) is 3.94. The number of fused-ring (bicyclic) bond motifs is 1. The van der Waals surface area contributed by atoms with Gasteiger partial charge in [-0.15, -0.1) is 12.4 Å². The van der Waals surface area contributed by atoms with Crippen LogP contribution in [-0.4, -0.2) is 31.2 Å². The van der Waals surface area contributed by atoms with Crippen LogP contribution in [0, 0.1) is 6.92 Å². The highest BCUT2D eigenvalue weighted by molar-refractivity contribution is 5.86. The van der Waals surface area contributed by atoms with Crippen molar-refractivity contribution < 1.29 is 0 Å². The predicted octanol–water partition coefficient (Wildman–Crippen LogP) is 2.94. The van der Waals surface area contributed by atoms with E-state index >= 15 is 0 Å². The molecule has 1 aliphatic heterocycles. The lowest BCUT2D eigenvalue weighted by Gasteiger charge is -2.29. The molecule has 1 aliphatic rings. The molecular formula is C16H22ClN3. The Kier molecular flexibility index (Phi) is 4.84. The van der Waals surface area contributed by atoms with E-state index in [2.05, 4.69) is 48.3 Å². The van der Waals surface area contributed by atoms with Crippen molar-refractivity contribution in [2.75, 3.05) is 31.1 Å². The van der Waals surface area contributed by atoms with Gasteiger partial charge < -0.3 is 10.2 Å². The largest absolute Gasteiger partial charge is 0.354 e. The van der Waals surface area contributed by atoms with E-state index in [1.165, 1.54) is 22.0 Å². The molecule has 1 aromatic carbocycles. The topological polar surface area (TPSA) is 28.2 Å². The predicted molar refractivity (Wildman–Crippen MR) is 88.2 cm³/mol. The van der Waals surface area contributed by atoms with Crippen molar-refractivity contribution in [3.63, 3.8) is 0 Å². The van der Waals surface area contributed by atoms with E-state index in [0.717, 1.165) is 38.4 Å². The van der Waals surface area contributed by atoms with Crippen LogP contribution in [-0.2, 0) is 6.42 Å². The highest BCUT2D eigenvalue weighted by Crippen LogP contribution is 2.25. The van der Waals surface area contributed by atoms with Gasteiger partial charge in [0, 0.05) is 31.6 Å². The van der Waals surface area contributed by atoms with Crippen LogP contribution in [0.1, 0.15) is 18.1 Å². The van der Waals surface area contributed by atoms with Gasteiger partial charge in [0.2, 0.25) is 0 Å².